The number of rotatable bonds is 1. The van der Waals surface area contributed by atoms with E-state index in [1.165, 1.54) is 12.1 Å². The summed E-state index contributed by atoms with van der Waals surface area (Å²) in [6.07, 6.45) is -1.21. The highest BCUT2D eigenvalue weighted by molar-refractivity contribution is 5.47. The lowest BCUT2D eigenvalue weighted by molar-refractivity contribution is -0.137. The van der Waals surface area contributed by atoms with Crippen molar-refractivity contribution in [2.75, 3.05) is 0 Å². The summed E-state index contributed by atoms with van der Waals surface area (Å²) in [5.41, 5.74) is 0.988. The van der Waals surface area contributed by atoms with Gasteiger partial charge in [0.2, 0.25) is 0 Å². The van der Waals surface area contributed by atoms with Gasteiger partial charge < -0.3 is 9.67 Å². The van der Waals surface area contributed by atoms with E-state index in [2.05, 4.69) is 0 Å². The first kappa shape index (κ1) is 13.2. The molecule has 3 rings (SSSR count). The Kier molecular flexibility index (Phi) is 3.09. The van der Waals surface area contributed by atoms with E-state index in [0.717, 1.165) is 23.7 Å². The number of hydrogen-bond donors (Lipinski definition) is 1. The van der Waals surface area contributed by atoms with Crippen LogP contribution in [-0.2, 0) is 12.6 Å². The van der Waals surface area contributed by atoms with Crippen LogP contribution in [0, 0.1) is 0 Å². The van der Waals surface area contributed by atoms with Crippen molar-refractivity contribution in [2.45, 2.75) is 31.5 Å². The molecule has 1 atom stereocenters. The second kappa shape index (κ2) is 4.66. The Labute approximate surface area is 114 Å². The molecule has 5 heteroatoms. The Bertz CT molecular complexity index is 630. The predicted molar refractivity (Wildman–Crippen MR) is 68.7 cm³/mol. The Morgan fingerprint density at radius 3 is 2.65 bits per heavy atom. The van der Waals surface area contributed by atoms with Crippen molar-refractivity contribution in [3.63, 3.8) is 0 Å². The van der Waals surface area contributed by atoms with Gasteiger partial charge in [0.1, 0.15) is 0 Å². The largest absolute Gasteiger partial charge is 0.418 e. The van der Waals surface area contributed by atoms with Crippen LogP contribution >= 0.6 is 0 Å². The second-order valence-corrected chi connectivity index (χ2v) is 5.01. The molecule has 0 spiro atoms. The van der Waals surface area contributed by atoms with Gasteiger partial charge in [0, 0.05) is 17.5 Å². The third kappa shape index (κ3) is 2.12. The average molecular weight is 281 g/mol. The quantitative estimate of drug-likeness (QED) is 0.843. The predicted octanol–water partition coefficient (Wildman–Crippen LogP) is 3.87. The summed E-state index contributed by atoms with van der Waals surface area (Å²) >= 11 is 0. The van der Waals surface area contributed by atoms with Gasteiger partial charge >= 0.3 is 6.18 Å². The minimum Gasteiger partial charge on any atom is -0.388 e. The summed E-state index contributed by atoms with van der Waals surface area (Å²) < 4.78 is 40.8. The van der Waals surface area contributed by atoms with Crippen molar-refractivity contribution in [1.82, 2.24) is 4.57 Å². The number of para-hydroxylation sites is 1. The fourth-order valence-corrected chi connectivity index (χ4v) is 2.82. The molecule has 106 valence electrons. The lowest BCUT2D eigenvalue weighted by Gasteiger charge is -2.21. The number of nitrogens with zero attached hydrogens (tertiary/aromatic N) is 1. The molecule has 0 saturated heterocycles. The van der Waals surface area contributed by atoms with Crippen LogP contribution in [0.2, 0.25) is 0 Å². The number of aliphatic hydroxyl groups is 1. The molecule has 1 heterocycles. The van der Waals surface area contributed by atoms with Gasteiger partial charge in [0.15, 0.2) is 0 Å². The Morgan fingerprint density at radius 1 is 1.15 bits per heavy atom. The molecule has 0 saturated carbocycles. The highest BCUT2D eigenvalue weighted by Crippen LogP contribution is 2.37. The standard InChI is InChI=1S/C15H14F3NO/c16-15(17,18)11-4-1-2-5-13(11)19-9-8-10-12(19)6-3-7-14(10)20/h1-2,4-5,8-9,14,20H,3,6-7H2. The number of benzene rings is 1. The van der Waals surface area contributed by atoms with E-state index in [0.29, 0.717) is 12.8 Å². The van der Waals surface area contributed by atoms with Crippen LogP contribution in [-0.4, -0.2) is 9.67 Å². The topological polar surface area (TPSA) is 25.2 Å². The molecule has 2 aromatic rings. The first-order valence-corrected chi connectivity index (χ1v) is 6.53. The molecule has 1 aliphatic carbocycles. The maximum atomic E-state index is 13.1. The van der Waals surface area contributed by atoms with E-state index in [9.17, 15) is 18.3 Å². The highest BCUT2D eigenvalue weighted by Gasteiger charge is 2.34. The summed E-state index contributed by atoms with van der Waals surface area (Å²) in [6.45, 7) is 0. The number of halogens is 3. The van der Waals surface area contributed by atoms with Crippen molar-refractivity contribution >= 4 is 0 Å². The molecule has 1 aliphatic rings. The minimum absolute atomic E-state index is 0.121. The van der Waals surface area contributed by atoms with Crippen LogP contribution in [0.15, 0.2) is 36.5 Å². The van der Waals surface area contributed by atoms with Crippen LogP contribution in [0.5, 0.6) is 0 Å². The van der Waals surface area contributed by atoms with Crippen LogP contribution in [0.4, 0.5) is 13.2 Å². The van der Waals surface area contributed by atoms with Crippen molar-refractivity contribution in [3.05, 3.63) is 53.3 Å². The van der Waals surface area contributed by atoms with E-state index >= 15 is 0 Å². The first-order valence-electron chi connectivity index (χ1n) is 6.53. The molecule has 2 nitrogen and oxygen atoms in total. The fraction of sp³-hybridized carbons (Fsp3) is 0.333. The molecule has 1 unspecified atom stereocenters. The fourth-order valence-electron chi connectivity index (χ4n) is 2.82. The van der Waals surface area contributed by atoms with Crippen LogP contribution in [0.3, 0.4) is 0 Å². The van der Waals surface area contributed by atoms with Gasteiger partial charge in [-0.3, -0.25) is 0 Å². The molecular weight excluding hydrogens is 267 g/mol. The number of hydrogen-bond acceptors (Lipinski definition) is 1. The Morgan fingerprint density at radius 2 is 1.90 bits per heavy atom. The maximum Gasteiger partial charge on any atom is 0.418 e. The number of fused-ring (bicyclic) bond motifs is 1. The van der Waals surface area contributed by atoms with Gasteiger partial charge in [-0.05, 0) is 37.5 Å². The SMILES string of the molecule is OC1CCCc2c1ccn2-c1ccccc1C(F)(F)F. The zero-order chi connectivity index (χ0) is 14.3. The van der Waals surface area contributed by atoms with Crippen LogP contribution in [0.1, 0.15) is 35.8 Å². The zero-order valence-corrected chi connectivity index (χ0v) is 10.7. The molecule has 0 bridgehead atoms. The average Bonchev–Trinajstić information content (AvgIpc) is 2.83. The molecule has 20 heavy (non-hydrogen) atoms. The number of aromatic nitrogens is 1. The van der Waals surface area contributed by atoms with Crippen LogP contribution < -0.4 is 0 Å². The summed E-state index contributed by atoms with van der Waals surface area (Å²) in [7, 11) is 0. The van der Waals surface area contributed by atoms with E-state index < -0.39 is 17.8 Å². The lowest BCUT2D eigenvalue weighted by atomic mass is 9.95. The molecule has 0 radical (unpaired) electrons. The Balaban J connectivity index is 2.16. The third-order valence-electron chi connectivity index (χ3n) is 3.75. The van der Waals surface area contributed by atoms with Crippen molar-refractivity contribution in [2.24, 2.45) is 0 Å². The minimum atomic E-state index is -4.39. The number of aliphatic hydroxyl groups excluding tert-OH is 1. The van der Waals surface area contributed by atoms with E-state index in [1.807, 2.05) is 0 Å². The molecule has 0 fully saturated rings. The van der Waals surface area contributed by atoms with Crippen LogP contribution in [0.25, 0.3) is 5.69 Å². The molecule has 1 N–H and O–H groups in total. The van der Waals surface area contributed by atoms with Gasteiger partial charge in [0.25, 0.3) is 0 Å². The molecular formula is C15H14F3NO. The lowest BCUT2D eigenvalue weighted by Crippen LogP contribution is -2.14. The normalized spacial score (nSPS) is 18.9. The summed E-state index contributed by atoms with van der Waals surface area (Å²) in [6, 6.07) is 7.24. The van der Waals surface area contributed by atoms with Gasteiger partial charge in [-0.1, -0.05) is 12.1 Å². The highest BCUT2D eigenvalue weighted by atomic mass is 19.4. The molecule has 0 amide bonds. The van der Waals surface area contributed by atoms with E-state index in [1.54, 1.807) is 22.9 Å². The number of alkyl halides is 3. The van der Waals surface area contributed by atoms with Crippen molar-refractivity contribution < 1.29 is 18.3 Å². The van der Waals surface area contributed by atoms with Gasteiger partial charge in [-0.15, -0.1) is 0 Å². The molecule has 1 aromatic heterocycles. The zero-order valence-electron chi connectivity index (χ0n) is 10.7. The monoisotopic (exact) mass is 281 g/mol. The summed E-state index contributed by atoms with van der Waals surface area (Å²) in [5.74, 6) is 0. The van der Waals surface area contributed by atoms with E-state index in [4.69, 9.17) is 0 Å². The Hall–Kier alpha value is -1.75. The third-order valence-corrected chi connectivity index (χ3v) is 3.75. The second-order valence-electron chi connectivity index (χ2n) is 5.01. The van der Waals surface area contributed by atoms with Crippen molar-refractivity contribution in [1.29, 1.82) is 0 Å². The molecule has 1 aromatic carbocycles. The molecule has 0 aliphatic heterocycles. The first-order chi connectivity index (χ1) is 9.48. The van der Waals surface area contributed by atoms with Gasteiger partial charge in [-0.25, -0.2) is 0 Å². The summed E-state index contributed by atoms with van der Waals surface area (Å²) in [4.78, 5) is 0. The van der Waals surface area contributed by atoms with Gasteiger partial charge in [-0.2, -0.15) is 13.2 Å². The summed E-state index contributed by atoms with van der Waals surface area (Å²) in [5, 5.41) is 9.92. The maximum absolute atomic E-state index is 13.1. The van der Waals surface area contributed by atoms with E-state index in [-0.39, 0.29) is 5.69 Å². The smallest absolute Gasteiger partial charge is 0.388 e. The van der Waals surface area contributed by atoms with Gasteiger partial charge in [0.05, 0.1) is 17.4 Å². The van der Waals surface area contributed by atoms with Crippen molar-refractivity contribution in [3.8, 4) is 5.69 Å².